The number of para-hydroxylation sites is 1. The van der Waals surface area contributed by atoms with Crippen molar-refractivity contribution in [3.05, 3.63) is 62.7 Å². The van der Waals surface area contributed by atoms with Gasteiger partial charge in [0.05, 0.1) is 13.2 Å². The Bertz CT molecular complexity index is 794. The molecule has 0 aliphatic carbocycles. The number of benzene rings is 1. The Kier molecular flexibility index (Phi) is 5.35. The standard InChI is InChI=1S/C16H19N3O4/c1-3-12(11-6-4-5-7-13(11)23-2)17-15(21)10-19-16(22)9-8-14(20)18-19/h4-9,12H,3,10H2,1-2H3,(H,17,21)(H,18,20). The monoisotopic (exact) mass is 317 g/mol. The lowest BCUT2D eigenvalue weighted by atomic mass is 10.0. The van der Waals surface area contributed by atoms with E-state index in [1.807, 2.05) is 31.2 Å². The van der Waals surface area contributed by atoms with Crippen molar-refractivity contribution < 1.29 is 9.53 Å². The Balaban J connectivity index is 2.15. The Hall–Kier alpha value is -2.83. The predicted molar refractivity (Wildman–Crippen MR) is 85.5 cm³/mol. The fraction of sp³-hybridized carbons (Fsp3) is 0.312. The van der Waals surface area contributed by atoms with Gasteiger partial charge in [0.2, 0.25) is 5.91 Å². The number of ether oxygens (including phenoxy) is 1. The molecule has 7 nitrogen and oxygen atoms in total. The van der Waals surface area contributed by atoms with Crippen LogP contribution in [0.5, 0.6) is 5.75 Å². The van der Waals surface area contributed by atoms with Crippen molar-refractivity contribution >= 4 is 5.91 Å². The zero-order valence-corrected chi connectivity index (χ0v) is 13.0. The predicted octanol–water partition coefficient (Wildman–Crippen LogP) is 0.813. The number of aromatic amines is 1. The van der Waals surface area contributed by atoms with Crippen LogP contribution in [0, 0.1) is 0 Å². The van der Waals surface area contributed by atoms with Gasteiger partial charge in [-0.3, -0.25) is 19.5 Å². The highest BCUT2D eigenvalue weighted by atomic mass is 16.5. The molecule has 7 heteroatoms. The Morgan fingerprint density at radius 1 is 1.26 bits per heavy atom. The molecule has 0 spiro atoms. The number of carbonyl (C=O) groups excluding carboxylic acids is 1. The number of rotatable bonds is 6. The molecule has 2 aromatic rings. The number of aromatic nitrogens is 2. The zero-order valence-electron chi connectivity index (χ0n) is 13.0. The molecule has 0 radical (unpaired) electrons. The number of hydrogen-bond acceptors (Lipinski definition) is 4. The van der Waals surface area contributed by atoms with Crippen LogP contribution in [0.1, 0.15) is 24.9 Å². The van der Waals surface area contributed by atoms with Crippen LogP contribution in [0.15, 0.2) is 46.0 Å². The van der Waals surface area contributed by atoms with Gasteiger partial charge in [-0.1, -0.05) is 25.1 Å². The van der Waals surface area contributed by atoms with Crippen LogP contribution < -0.4 is 21.2 Å². The van der Waals surface area contributed by atoms with Gasteiger partial charge in [-0.15, -0.1) is 0 Å². The maximum Gasteiger partial charge on any atom is 0.265 e. The summed E-state index contributed by atoms with van der Waals surface area (Å²) in [7, 11) is 1.57. The van der Waals surface area contributed by atoms with Crippen LogP contribution in [0.4, 0.5) is 0 Å². The van der Waals surface area contributed by atoms with Crippen molar-refractivity contribution in [1.29, 1.82) is 0 Å². The van der Waals surface area contributed by atoms with Crippen LogP contribution >= 0.6 is 0 Å². The van der Waals surface area contributed by atoms with Gasteiger partial charge in [-0.05, 0) is 12.5 Å². The van der Waals surface area contributed by atoms with Gasteiger partial charge in [-0.2, -0.15) is 0 Å². The summed E-state index contributed by atoms with van der Waals surface area (Å²) in [5.41, 5.74) is -0.0148. The van der Waals surface area contributed by atoms with Gasteiger partial charge in [0.25, 0.3) is 11.1 Å². The molecule has 0 aliphatic heterocycles. The molecule has 1 heterocycles. The van der Waals surface area contributed by atoms with Crippen LogP contribution in [0.2, 0.25) is 0 Å². The van der Waals surface area contributed by atoms with E-state index < -0.39 is 11.1 Å². The van der Waals surface area contributed by atoms with E-state index in [1.165, 1.54) is 0 Å². The second-order valence-electron chi connectivity index (χ2n) is 5.00. The van der Waals surface area contributed by atoms with E-state index in [0.29, 0.717) is 12.2 Å². The van der Waals surface area contributed by atoms with Crippen LogP contribution in [-0.2, 0) is 11.3 Å². The average Bonchev–Trinajstić information content (AvgIpc) is 2.56. The molecule has 1 aromatic carbocycles. The van der Waals surface area contributed by atoms with E-state index in [9.17, 15) is 14.4 Å². The Morgan fingerprint density at radius 3 is 2.70 bits per heavy atom. The van der Waals surface area contributed by atoms with Crippen LogP contribution in [-0.4, -0.2) is 22.8 Å². The first-order chi connectivity index (χ1) is 11.0. The van der Waals surface area contributed by atoms with Crippen molar-refractivity contribution in [2.45, 2.75) is 25.9 Å². The maximum absolute atomic E-state index is 12.2. The number of carbonyl (C=O) groups is 1. The molecule has 0 aliphatic rings. The minimum absolute atomic E-state index is 0.246. The minimum Gasteiger partial charge on any atom is -0.496 e. The smallest absolute Gasteiger partial charge is 0.265 e. The second kappa shape index (κ2) is 7.44. The van der Waals surface area contributed by atoms with Crippen molar-refractivity contribution in [2.75, 3.05) is 7.11 Å². The van der Waals surface area contributed by atoms with Gasteiger partial charge in [0, 0.05) is 17.7 Å². The fourth-order valence-electron chi connectivity index (χ4n) is 2.32. The van der Waals surface area contributed by atoms with Gasteiger partial charge in [-0.25, -0.2) is 4.68 Å². The first kappa shape index (κ1) is 16.5. The molecule has 1 amide bonds. The van der Waals surface area contributed by atoms with E-state index in [2.05, 4.69) is 10.4 Å². The third-order valence-electron chi connectivity index (χ3n) is 3.45. The average molecular weight is 317 g/mol. The van der Waals surface area contributed by atoms with Gasteiger partial charge < -0.3 is 10.1 Å². The van der Waals surface area contributed by atoms with Gasteiger partial charge in [0.1, 0.15) is 12.3 Å². The first-order valence-electron chi connectivity index (χ1n) is 7.27. The number of methoxy groups -OCH3 is 1. The first-order valence-corrected chi connectivity index (χ1v) is 7.27. The molecule has 122 valence electrons. The number of nitrogens with one attached hydrogen (secondary N) is 2. The molecule has 0 bridgehead atoms. The zero-order chi connectivity index (χ0) is 16.8. The van der Waals surface area contributed by atoms with Crippen molar-refractivity contribution in [2.24, 2.45) is 0 Å². The number of nitrogens with zero attached hydrogens (tertiary/aromatic N) is 1. The highest BCUT2D eigenvalue weighted by Crippen LogP contribution is 2.26. The molecular weight excluding hydrogens is 298 g/mol. The molecule has 2 rings (SSSR count). The summed E-state index contributed by atoms with van der Waals surface area (Å²) in [5.74, 6) is 0.316. The fourth-order valence-corrected chi connectivity index (χ4v) is 2.32. The summed E-state index contributed by atoms with van der Waals surface area (Å²) in [6.07, 6.45) is 0.659. The van der Waals surface area contributed by atoms with Gasteiger partial charge in [0.15, 0.2) is 0 Å². The van der Waals surface area contributed by atoms with Crippen molar-refractivity contribution in [1.82, 2.24) is 15.1 Å². The molecule has 0 saturated carbocycles. The molecule has 1 unspecified atom stereocenters. The number of amides is 1. The van der Waals surface area contributed by atoms with Crippen LogP contribution in [0.25, 0.3) is 0 Å². The van der Waals surface area contributed by atoms with E-state index in [-0.39, 0.29) is 18.5 Å². The summed E-state index contributed by atoms with van der Waals surface area (Å²) in [4.78, 5) is 35.1. The number of H-pyrrole nitrogens is 1. The summed E-state index contributed by atoms with van der Waals surface area (Å²) in [5, 5.41) is 5.18. The molecule has 23 heavy (non-hydrogen) atoms. The SMILES string of the molecule is CCC(NC(=O)Cn1[nH]c(=O)ccc1=O)c1ccccc1OC. The second-order valence-corrected chi connectivity index (χ2v) is 5.00. The quantitative estimate of drug-likeness (QED) is 0.824. The molecular formula is C16H19N3O4. The van der Waals surface area contributed by atoms with E-state index in [1.54, 1.807) is 7.11 Å². The summed E-state index contributed by atoms with van der Waals surface area (Å²) < 4.78 is 6.29. The Labute approximate surface area is 132 Å². The molecule has 1 aromatic heterocycles. The van der Waals surface area contributed by atoms with E-state index in [0.717, 1.165) is 22.4 Å². The summed E-state index contributed by atoms with van der Waals surface area (Å²) in [6.45, 7) is 1.69. The highest BCUT2D eigenvalue weighted by Gasteiger charge is 2.17. The minimum atomic E-state index is -0.440. The molecule has 1 atom stereocenters. The topological polar surface area (TPSA) is 93.2 Å². The van der Waals surface area contributed by atoms with E-state index in [4.69, 9.17) is 4.74 Å². The van der Waals surface area contributed by atoms with Crippen LogP contribution in [0.3, 0.4) is 0 Å². The molecule has 0 saturated heterocycles. The molecule has 2 N–H and O–H groups in total. The van der Waals surface area contributed by atoms with E-state index >= 15 is 0 Å². The van der Waals surface area contributed by atoms with Gasteiger partial charge >= 0.3 is 0 Å². The summed E-state index contributed by atoms with van der Waals surface area (Å²) in [6, 6.07) is 9.43. The summed E-state index contributed by atoms with van der Waals surface area (Å²) >= 11 is 0. The maximum atomic E-state index is 12.2. The largest absolute Gasteiger partial charge is 0.496 e. The third-order valence-corrected chi connectivity index (χ3v) is 3.45. The third kappa shape index (κ3) is 4.09. The highest BCUT2D eigenvalue weighted by molar-refractivity contribution is 5.76. The lowest BCUT2D eigenvalue weighted by Gasteiger charge is -2.20. The Morgan fingerprint density at radius 2 is 2.00 bits per heavy atom. The van der Waals surface area contributed by atoms with Crippen molar-refractivity contribution in [3.8, 4) is 5.75 Å². The molecule has 0 fully saturated rings. The normalized spacial score (nSPS) is 11.7. The lowest BCUT2D eigenvalue weighted by molar-refractivity contribution is -0.122. The van der Waals surface area contributed by atoms with Crippen molar-refractivity contribution in [3.63, 3.8) is 0 Å². The lowest BCUT2D eigenvalue weighted by Crippen LogP contribution is -2.37. The number of hydrogen-bond donors (Lipinski definition) is 2.